The molecule has 1 aromatic carbocycles. The smallest absolute Gasteiger partial charge is 0.117 e. The molecule has 0 bridgehead atoms. The molecule has 1 aromatic rings. The molecule has 0 saturated heterocycles. The Morgan fingerprint density at radius 3 is 2.68 bits per heavy atom. The van der Waals surface area contributed by atoms with Gasteiger partial charge in [0.25, 0.3) is 0 Å². The minimum Gasteiger partial charge on any atom is -0.385 e. The van der Waals surface area contributed by atoms with Crippen molar-refractivity contribution in [3.05, 3.63) is 36.4 Å². The predicted octanol–water partition coefficient (Wildman–Crippen LogP) is 2.56. The molecule has 0 aromatic heterocycles. The van der Waals surface area contributed by atoms with E-state index in [1.54, 1.807) is 0 Å². The topological polar surface area (TPSA) is 12.5 Å². The molecule has 0 fully saturated rings. The molecule has 1 radical (unpaired) electrons. The Kier molecular flexibility index (Phi) is 7.71. The van der Waals surface area contributed by atoms with Crippen LogP contribution in [-0.2, 0) is 4.74 Å². The maximum absolute atomic E-state index is 5.70. The number of nitrogens with zero attached hydrogens (tertiary/aromatic N) is 1. The van der Waals surface area contributed by atoms with Crippen LogP contribution in [0.3, 0.4) is 0 Å². The molecule has 0 heterocycles. The van der Waals surface area contributed by atoms with E-state index in [-0.39, 0.29) is 0 Å². The lowest BCUT2D eigenvalue weighted by Gasteiger charge is -2.18. The monoisotopic (exact) mass is 276 g/mol. The fourth-order valence-corrected chi connectivity index (χ4v) is 4.65. The second-order valence-corrected chi connectivity index (χ2v) is 7.47. The highest BCUT2D eigenvalue weighted by Crippen LogP contribution is 2.06. The number of ether oxygens (including phenoxy) is 1. The highest BCUT2D eigenvalue weighted by atomic mass is 28.3. The van der Waals surface area contributed by atoms with E-state index in [9.17, 15) is 0 Å². The summed E-state index contributed by atoms with van der Waals surface area (Å²) in [5.41, 5.74) is 1.28. The number of rotatable bonds is 9. The Morgan fingerprint density at radius 1 is 1.32 bits per heavy atom. The fraction of sp³-hybridized carbons (Fsp3) is 0.500. The van der Waals surface area contributed by atoms with Gasteiger partial charge in [-0.15, -0.1) is 0 Å². The van der Waals surface area contributed by atoms with Crippen LogP contribution in [-0.4, -0.2) is 47.2 Å². The minimum absolute atomic E-state index is 0.642. The summed E-state index contributed by atoms with van der Waals surface area (Å²) in [5.74, 6) is 0. The van der Waals surface area contributed by atoms with Gasteiger partial charge in [0.2, 0.25) is 0 Å². The summed E-state index contributed by atoms with van der Waals surface area (Å²) in [7, 11) is 3.62. The first kappa shape index (κ1) is 16.2. The largest absolute Gasteiger partial charge is 0.385 e. The quantitative estimate of drug-likeness (QED) is 0.643. The van der Waals surface area contributed by atoms with Crippen molar-refractivity contribution < 1.29 is 4.74 Å². The molecule has 0 aliphatic rings. The number of benzene rings is 1. The van der Waals surface area contributed by atoms with E-state index in [1.807, 2.05) is 6.08 Å². The summed E-state index contributed by atoms with van der Waals surface area (Å²) in [6, 6.07) is 9.88. The van der Waals surface area contributed by atoms with E-state index in [0.717, 1.165) is 19.4 Å². The first-order valence-corrected chi connectivity index (χ1v) is 8.89. The fourth-order valence-electron chi connectivity index (χ4n) is 2.12. The second-order valence-electron chi connectivity index (χ2n) is 4.94. The zero-order chi connectivity index (χ0) is 14.1. The van der Waals surface area contributed by atoms with Crippen LogP contribution in [0.2, 0.25) is 6.04 Å². The summed E-state index contributed by atoms with van der Waals surface area (Å²) in [5, 5.41) is 1.47. The molecular weight excluding hydrogens is 250 g/mol. The van der Waals surface area contributed by atoms with Crippen molar-refractivity contribution in [2.75, 3.05) is 33.5 Å². The maximum atomic E-state index is 5.70. The van der Waals surface area contributed by atoms with Crippen LogP contribution in [0.4, 0.5) is 0 Å². The summed E-state index contributed by atoms with van der Waals surface area (Å²) in [4.78, 5) is 2.25. The highest BCUT2D eigenvalue weighted by Gasteiger charge is 2.16. The Hall–Kier alpha value is -0.903. The lowest BCUT2D eigenvalue weighted by atomic mass is 10.2. The molecular formula is C16H26NOSi. The molecule has 105 valence electrons. The van der Waals surface area contributed by atoms with E-state index >= 15 is 0 Å². The predicted molar refractivity (Wildman–Crippen MR) is 86.4 cm³/mol. The van der Waals surface area contributed by atoms with Crippen molar-refractivity contribution >= 4 is 20.1 Å². The first-order chi connectivity index (χ1) is 9.19. The van der Waals surface area contributed by atoms with Gasteiger partial charge in [0.1, 0.15) is 8.80 Å². The average molecular weight is 276 g/mol. The molecule has 1 rings (SSSR count). The van der Waals surface area contributed by atoms with Gasteiger partial charge in [-0.1, -0.05) is 48.2 Å². The van der Waals surface area contributed by atoms with Crippen molar-refractivity contribution in [2.24, 2.45) is 0 Å². The molecule has 0 aliphatic carbocycles. The summed E-state index contributed by atoms with van der Waals surface area (Å²) >= 11 is 0. The van der Waals surface area contributed by atoms with Crippen LogP contribution in [0, 0.1) is 0 Å². The molecule has 0 unspecified atom stereocenters. The summed E-state index contributed by atoms with van der Waals surface area (Å²) in [6.45, 7) is 7.95. The lowest BCUT2D eigenvalue weighted by Crippen LogP contribution is -2.37. The third-order valence-electron chi connectivity index (χ3n) is 3.13. The first-order valence-electron chi connectivity index (χ1n) is 6.98. The molecule has 0 amide bonds. The summed E-state index contributed by atoms with van der Waals surface area (Å²) < 4.78 is 5.70. The van der Waals surface area contributed by atoms with E-state index in [1.165, 1.54) is 23.2 Å². The molecule has 0 aliphatic heterocycles. The van der Waals surface area contributed by atoms with Crippen molar-refractivity contribution in [1.82, 2.24) is 4.90 Å². The van der Waals surface area contributed by atoms with Gasteiger partial charge < -0.3 is 9.64 Å². The van der Waals surface area contributed by atoms with E-state index in [2.05, 4.69) is 56.8 Å². The van der Waals surface area contributed by atoms with Crippen LogP contribution in [0.15, 0.2) is 30.8 Å². The molecule has 2 nitrogen and oxygen atoms in total. The van der Waals surface area contributed by atoms with Crippen LogP contribution in [0.1, 0.15) is 18.9 Å². The van der Waals surface area contributed by atoms with E-state index in [0.29, 0.717) is 0 Å². The number of hydrogen-bond acceptors (Lipinski definition) is 2. The van der Waals surface area contributed by atoms with Crippen molar-refractivity contribution in [2.45, 2.75) is 19.4 Å². The zero-order valence-electron chi connectivity index (χ0n) is 12.5. The van der Waals surface area contributed by atoms with Crippen molar-refractivity contribution in [3.63, 3.8) is 0 Å². The van der Waals surface area contributed by atoms with Gasteiger partial charge in [-0.25, -0.2) is 0 Å². The Labute approximate surface area is 119 Å². The standard InChI is InChI=1S/C16H26NOSi/c1-5-15-10-7-8-11-16(15)19(14-18-6-2)13-9-12-17(3)4/h5,7-8,10-11H,1,6,9,12-14H2,2-4H3. The minimum atomic E-state index is -0.642. The highest BCUT2D eigenvalue weighted by molar-refractivity contribution is 6.73. The zero-order valence-corrected chi connectivity index (χ0v) is 13.5. The van der Waals surface area contributed by atoms with Gasteiger partial charge >= 0.3 is 0 Å². The normalized spacial score (nSPS) is 11.2. The maximum Gasteiger partial charge on any atom is 0.117 e. The second kappa shape index (κ2) is 9.07. The van der Waals surface area contributed by atoms with Gasteiger partial charge in [-0.2, -0.15) is 0 Å². The van der Waals surface area contributed by atoms with Crippen molar-refractivity contribution in [3.8, 4) is 0 Å². The SMILES string of the molecule is C=Cc1ccccc1[Si](CCCN(C)C)COCC. The third kappa shape index (κ3) is 5.72. The van der Waals surface area contributed by atoms with Gasteiger partial charge in [0, 0.05) is 12.8 Å². The van der Waals surface area contributed by atoms with Gasteiger partial charge in [-0.05, 0) is 39.5 Å². The molecule has 19 heavy (non-hydrogen) atoms. The third-order valence-corrected chi connectivity index (χ3v) is 5.85. The molecule has 0 spiro atoms. The van der Waals surface area contributed by atoms with Crippen LogP contribution >= 0.6 is 0 Å². The lowest BCUT2D eigenvalue weighted by molar-refractivity contribution is 0.191. The van der Waals surface area contributed by atoms with E-state index in [4.69, 9.17) is 4.74 Å². The molecule has 0 saturated carbocycles. The van der Waals surface area contributed by atoms with Crippen LogP contribution in [0.5, 0.6) is 0 Å². The Morgan fingerprint density at radius 2 is 2.05 bits per heavy atom. The van der Waals surface area contributed by atoms with Crippen molar-refractivity contribution in [1.29, 1.82) is 0 Å². The molecule has 3 heteroatoms. The van der Waals surface area contributed by atoms with Gasteiger partial charge in [0.05, 0.1) is 0 Å². The summed E-state index contributed by atoms with van der Waals surface area (Å²) in [6.07, 6.45) is 4.11. The van der Waals surface area contributed by atoms with E-state index < -0.39 is 8.80 Å². The molecule has 0 atom stereocenters. The average Bonchev–Trinajstić information content (AvgIpc) is 2.42. The Bertz CT molecular complexity index is 379. The van der Waals surface area contributed by atoms with Gasteiger partial charge in [0.15, 0.2) is 0 Å². The van der Waals surface area contributed by atoms with Crippen LogP contribution in [0.25, 0.3) is 6.08 Å². The number of hydrogen-bond donors (Lipinski definition) is 0. The Balaban J connectivity index is 2.73. The van der Waals surface area contributed by atoms with Gasteiger partial charge in [-0.3, -0.25) is 0 Å². The van der Waals surface area contributed by atoms with Crippen LogP contribution < -0.4 is 5.19 Å². The molecule has 0 N–H and O–H groups in total.